The molecule has 1 unspecified atom stereocenters. The van der Waals surface area contributed by atoms with Gasteiger partial charge in [0.15, 0.2) is 0 Å². The molecule has 0 spiro atoms. The van der Waals surface area contributed by atoms with Gasteiger partial charge in [-0.25, -0.2) is 0 Å². The third-order valence-corrected chi connectivity index (χ3v) is 4.56. The zero-order valence-corrected chi connectivity index (χ0v) is 14.6. The second-order valence-electron chi connectivity index (χ2n) is 4.45. The Labute approximate surface area is 142 Å². The van der Waals surface area contributed by atoms with Crippen molar-refractivity contribution in [3.63, 3.8) is 0 Å². The van der Waals surface area contributed by atoms with E-state index in [0.717, 1.165) is 20.6 Å². The van der Waals surface area contributed by atoms with Crippen LogP contribution in [0, 0.1) is 0 Å². The van der Waals surface area contributed by atoms with E-state index >= 15 is 0 Å². The first-order chi connectivity index (χ1) is 9.51. The lowest BCUT2D eigenvalue weighted by Crippen LogP contribution is -2.19. The molecule has 0 aliphatic heterocycles. The third kappa shape index (κ3) is 3.90. The Kier molecular flexibility index (Phi) is 5.76. The molecule has 106 valence electrons. The Hall–Kier alpha value is -0.250. The van der Waals surface area contributed by atoms with E-state index in [0.29, 0.717) is 16.5 Å². The van der Waals surface area contributed by atoms with Gasteiger partial charge in [-0.15, -0.1) is 0 Å². The Morgan fingerprint density at radius 3 is 2.45 bits per heavy atom. The number of halogens is 4. The molecule has 0 amide bonds. The Morgan fingerprint density at radius 1 is 1.05 bits per heavy atom. The average molecular weight is 394 g/mol. The highest BCUT2D eigenvalue weighted by atomic mass is 79.9. The standard InChI is InChI=1S/C15H13BrCl3N/c1-20-15(12-8-10(16)2-4-14(12)19)7-9-6-11(17)3-5-13(9)18/h2-6,8,15,20H,7H2,1H3. The lowest BCUT2D eigenvalue weighted by atomic mass is 9.99. The van der Waals surface area contributed by atoms with Crippen molar-refractivity contribution in [1.29, 1.82) is 0 Å². The highest BCUT2D eigenvalue weighted by Crippen LogP contribution is 2.31. The van der Waals surface area contributed by atoms with Crippen molar-refractivity contribution >= 4 is 50.7 Å². The predicted octanol–water partition coefficient (Wildman–Crippen LogP) is 5.91. The summed E-state index contributed by atoms with van der Waals surface area (Å²) in [5.41, 5.74) is 2.02. The maximum atomic E-state index is 6.29. The molecule has 0 heterocycles. The van der Waals surface area contributed by atoms with Crippen LogP contribution in [-0.2, 0) is 6.42 Å². The second kappa shape index (κ2) is 7.15. The summed E-state index contributed by atoms with van der Waals surface area (Å²) in [6.45, 7) is 0. The van der Waals surface area contributed by atoms with Gasteiger partial charge in [0.1, 0.15) is 0 Å². The van der Waals surface area contributed by atoms with E-state index in [1.807, 2.05) is 37.4 Å². The molecule has 2 rings (SSSR count). The summed E-state index contributed by atoms with van der Waals surface area (Å²) in [6.07, 6.45) is 0.714. The van der Waals surface area contributed by atoms with Gasteiger partial charge in [0.25, 0.3) is 0 Å². The number of hydrogen-bond acceptors (Lipinski definition) is 1. The van der Waals surface area contributed by atoms with Crippen LogP contribution in [0.2, 0.25) is 15.1 Å². The van der Waals surface area contributed by atoms with Crippen LogP contribution in [-0.4, -0.2) is 7.05 Å². The van der Waals surface area contributed by atoms with E-state index in [4.69, 9.17) is 34.8 Å². The number of nitrogens with one attached hydrogen (secondary N) is 1. The van der Waals surface area contributed by atoms with E-state index < -0.39 is 0 Å². The fraction of sp³-hybridized carbons (Fsp3) is 0.200. The normalized spacial score (nSPS) is 12.4. The minimum Gasteiger partial charge on any atom is -0.313 e. The summed E-state index contributed by atoms with van der Waals surface area (Å²) in [4.78, 5) is 0. The van der Waals surface area contributed by atoms with Gasteiger partial charge in [-0.1, -0.05) is 50.7 Å². The molecular formula is C15H13BrCl3N. The minimum absolute atomic E-state index is 0.0657. The quantitative estimate of drug-likeness (QED) is 0.681. The van der Waals surface area contributed by atoms with Crippen molar-refractivity contribution in [2.24, 2.45) is 0 Å². The smallest absolute Gasteiger partial charge is 0.0454 e. The Balaban J connectivity index is 2.33. The maximum absolute atomic E-state index is 6.29. The van der Waals surface area contributed by atoms with E-state index in [1.54, 1.807) is 6.07 Å². The monoisotopic (exact) mass is 391 g/mol. The maximum Gasteiger partial charge on any atom is 0.0454 e. The first-order valence-corrected chi connectivity index (χ1v) is 8.00. The Bertz CT molecular complexity index is 616. The molecular weight excluding hydrogens is 380 g/mol. The Morgan fingerprint density at radius 2 is 1.75 bits per heavy atom. The van der Waals surface area contributed by atoms with Gasteiger partial charge in [-0.2, -0.15) is 0 Å². The molecule has 0 saturated carbocycles. The molecule has 1 N–H and O–H groups in total. The molecule has 1 atom stereocenters. The van der Waals surface area contributed by atoms with E-state index in [9.17, 15) is 0 Å². The van der Waals surface area contributed by atoms with Crippen molar-refractivity contribution in [2.75, 3.05) is 7.05 Å². The summed E-state index contributed by atoms with van der Waals surface area (Å²) in [5, 5.41) is 5.39. The van der Waals surface area contributed by atoms with Crippen molar-refractivity contribution in [2.45, 2.75) is 12.5 Å². The molecule has 0 bridgehead atoms. The van der Waals surface area contributed by atoms with Crippen molar-refractivity contribution in [3.8, 4) is 0 Å². The highest BCUT2D eigenvalue weighted by molar-refractivity contribution is 9.10. The molecule has 0 aliphatic rings. The van der Waals surface area contributed by atoms with Crippen molar-refractivity contribution < 1.29 is 0 Å². The van der Waals surface area contributed by atoms with E-state index in [-0.39, 0.29) is 6.04 Å². The minimum atomic E-state index is 0.0657. The number of benzene rings is 2. The molecule has 0 fully saturated rings. The van der Waals surface area contributed by atoms with Crippen LogP contribution in [0.3, 0.4) is 0 Å². The summed E-state index contributed by atoms with van der Waals surface area (Å²) in [7, 11) is 1.90. The molecule has 2 aromatic rings. The molecule has 20 heavy (non-hydrogen) atoms. The van der Waals surface area contributed by atoms with Crippen LogP contribution in [0.25, 0.3) is 0 Å². The zero-order valence-electron chi connectivity index (χ0n) is 10.8. The van der Waals surface area contributed by atoms with E-state index in [2.05, 4.69) is 21.2 Å². The third-order valence-electron chi connectivity index (χ3n) is 3.11. The van der Waals surface area contributed by atoms with Crippen molar-refractivity contribution in [1.82, 2.24) is 5.32 Å². The van der Waals surface area contributed by atoms with Gasteiger partial charge < -0.3 is 5.32 Å². The van der Waals surface area contributed by atoms with Crippen LogP contribution in [0.1, 0.15) is 17.2 Å². The summed E-state index contributed by atoms with van der Waals surface area (Å²) >= 11 is 22.0. The van der Waals surface area contributed by atoms with Crippen LogP contribution in [0.5, 0.6) is 0 Å². The highest BCUT2D eigenvalue weighted by Gasteiger charge is 2.16. The van der Waals surface area contributed by atoms with Gasteiger partial charge in [0, 0.05) is 25.6 Å². The van der Waals surface area contributed by atoms with Gasteiger partial charge in [0.2, 0.25) is 0 Å². The van der Waals surface area contributed by atoms with Crippen LogP contribution in [0.15, 0.2) is 40.9 Å². The summed E-state index contributed by atoms with van der Waals surface area (Å²) in [5.74, 6) is 0. The topological polar surface area (TPSA) is 12.0 Å². The van der Waals surface area contributed by atoms with Gasteiger partial charge in [0.05, 0.1) is 0 Å². The SMILES string of the molecule is CNC(Cc1cc(Cl)ccc1Cl)c1cc(Br)ccc1Cl. The largest absolute Gasteiger partial charge is 0.313 e. The van der Waals surface area contributed by atoms with Crippen molar-refractivity contribution in [3.05, 3.63) is 67.1 Å². The van der Waals surface area contributed by atoms with Gasteiger partial charge in [-0.05, 0) is 61.0 Å². The fourth-order valence-corrected chi connectivity index (χ4v) is 3.09. The van der Waals surface area contributed by atoms with Gasteiger partial charge in [-0.3, -0.25) is 0 Å². The first kappa shape index (κ1) is 16.1. The summed E-state index contributed by atoms with van der Waals surface area (Å²) < 4.78 is 0.995. The average Bonchev–Trinajstić information content (AvgIpc) is 2.42. The molecule has 0 radical (unpaired) electrons. The zero-order chi connectivity index (χ0) is 14.7. The van der Waals surface area contributed by atoms with E-state index in [1.165, 1.54) is 0 Å². The van der Waals surface area contributed by atoms with Crippen LogP contribution < -0.4 is 5.32 Å². The molecule has 0 saturated heterocycles. The predicted molar refractivity (Wildman–Crippen MR) is 91.1 cm³/mol. The number of hydrogen-bond donors (Lipinski definition) is 1. The lowest BCUT2D eigenvalue weighted by molar-refractivity contribution is 0.592. The van der Waals surface area contributed by atoms with Crippen LogP contribution >= 0.6 is 50.7 Å². The fourth-order valence-electron chi connectivity index (χ4n) is 2.07. The molecule has 2 aromatic carbocycles. The molecule has 0 aliphatic carbocycles. The number of likely N-dealkylation sites (N-methyl/N-ethyl adjacent to an activating group) is 1. The first-order valence-electron chi connectivity index (χ1n) is 6.07. The number of rotatable bonds is 4. The molecule has 1 nitrogen and oxygen atoms in total. The van der Waals surface area contributed by atoms with Gasteiger partial charge >= 0.3 is 0 Å². The van der Waals surface area contributed by atoms with Crippen LogP contribution in [0.4, 0.5) is 0 Å². The molecule has 0 aromatic heterocycles. The lowest BCUT2D eigenvalue weighted by Gasteiger charge is -2.19. The molecule has 5 heteroatoms. The summed E-state index contributed by atoms with van der Waals surface area (Å²) in [6, 6.07) is 11.4. The second-order valence-corrected chi connectivity index (χ2v) is 6.61.